The molecular formula is C17H32IN7S. The van der Waals surface area contributed by atoms with Crippen LogP contribution in [0.25, 0.3) is 0 Å². The average Bonchev–Trinajstić information content (AvgIpc) is 3.38. The number of hydrogen-bond acceptors (Lipinski definition) is 6. The van der Waals surface area contributed by atoms with Gasteiger partial charge in [-0.2, -0.15) is 4.37 Å². The molecule has 9 heteroatoms. The van der Waals surface area contributed by atoms with E-state index in [0.29, 0.717) is 0 Å². The van der Waals surface area contributed by atoms with Crippen molar-refractivity contribution in [1.82, 2.24) is 24.5 Å². The molecule has 1 saturated heterocycles. The number of halogens is 1. The molecule has 0 radical (unpaired) electrons. The van der Waals surface area contributed by atoms with Gasteiger partial charge in [-0.05, 0) is 19.4 Å². The zero-order valence-corrected chi connectivity index (χ0v) is 19.3. The van der Waals surface area contributed by atoms with Gasteiger partial charge < -0.3 is 15.1 Å². The molecule has 2 fully saturated rings. The Morgan fingerprint density at radius 2 is 2.00 bits per heavy atom. The number of anilines is 1. The van der Waals surface area contributed by atoms with E-state index in [1.54, 1.807) is 0 Å². The maximum Gasteiger partial charge on any atom is 0.205 e. The minimum absolute atomic E-state index is 0. The van der Waals surface area contributed by atoms with Crippen LogP contribution in [0.3, 0.4) is 0 Å². The first-order chi connectivity index (χ1) is 12.2. The number of nitrogens with zero attached hydrogens (tertiary/aromatic N) is 6. The molecule has 1 N–H and O–H groups in total. The number of piperazine rings is 1. The van der Waals surface area contributed by atoms with Crippen LogP contribution in [-0.4, -0.2) is 84.0 Å². The Labute approximate surface area is 178 Å². The molecular weight excluding hydrogens is 461 g/mol. The fraction of sp³-hybridized carbons (Fsp3) is 0.824. The van der Waals surface area contributed by atoms with E-state index in [4.69, 9.17) is 0 Å². The predicted molar refractivity (Wildman–Crippen MR) is 120 cm³/mol. The first-order valence-electron chi connectivity index (χ1n) is 9.52. The van der Waals surface area contributed by atoms with Crippen molar-refractivity contribution in [3.8, 4) is 0 Å². The Hall–Kier alpha value is -0.680. The first kappa shape index (κ1) is 21.6. The average molecular weight is 493 g/mol. The summed E-state index contributed by atoms with van der Waals surface area (Å²) in [6.07, 6.45) is 3.65. The summed E-state index contributed by atoms with van der Waals surface area (Å²) < 4.78 is 4.40. The highest BCUT2D eigenvalue weighted by atomic mass is 127. The Morgan fingerprint density at radius 1 is 1.27 bits per heavy atom. The highest BCUT2D eigenvalue weighted by molar-refractivity contribution is 14.0. The Bertz CT molecular complexity index is 567. The smallest absolute Gasteiger partial charge is 0.205 e. The van der Waals surface area contributed by atoms with Crippen LogP contribution >= 0.6 is 35.5 Å². The van der Waals surface area contributed by atoms with Crippen molar-refractivity contribution in [3.05, 3.63) is 5.82 Å². The second-order valence-corrected chi connectivity index (χ2v) is 7.38. The third-order valence-electron chi connectivity index (χ3n) is 4.99. The van der Waals surface area contributed by atoms with Crippen LogP contribution in [0, 0.1) is 0 Å². The number of rotatable bonds is 7. The molecule has 0 atom stereocenters. The van der Waals surface area contributed by atoms with Crippen molar-refractivity contribution >= 4 is 46.6 Å². The van der Waals surface area contributed by atoms with Crippen LogP contribution in [0.5, 0.6) is 0 Å². The van der Waals surface area contributed by atoms with Crippen molar-refractivity contribution in [1.29, 1.82) is 0 Å². The lowest BCUT2D eigenvalue weighted by Gasteiger charge is -2.36. The molecule has 1 saturated carbocycles. The summed E-state index contributed by atoms with van der Waals surface area (Å²) in [5.41, 5.74) is 0. The Balaban J connectivity index is 0.00000243. The molecule has 2 heterocycles. The van der Waals surface area contributed by atoms with Gasteiger partial charge in [0.25, 0.3) is 0 Å². The molecule has 7 nitrogen and oxygen atoms in total. The van der Waals surface area contributed by atoms with Crippen molar-refractivity contribution in [2.75, 3.05) is 57.8 Å². The van der Waals surface area contributed by atoms with E-state index in [9.17, 15) is 0 Å². The van der Waals surface area contributed by atoms with Gasteiger partial charge in [-0.3, -0.25) is 9.89 Å². The van der Waals surface area contributed by atoms with Crippen LogP contribution in [0.4, 0.5) is 5.13 Å². The van der Waals surface area contributed by atoms with Gasteiger partial charge in [-0.25, -0.2) is 4.98 Å². The van der Waals surface area contributed by atoms with Gasteiger partial charge in [0.1, 0.15) is 5.82 Å². The SMILES string of the molecule is CCc1nsc(N2CCN(C(=NC)NCCN(CC)C3CC3)CC2)n1.I. The second-order valence-electron chi connectivity index (χ2n) is 6.65. The molecule has 0 spiro atoms. The molecule has 0 bridgehead atoms. The summed E-state index contributed by atoms with van der Waals surface area (Å²) >= 11 is 1.52. The number of likely N-dealkylation sites (N-methyl/N-ethyl adjacent to an activating group) is 1. The number of guanidine groups is 1. The molecule has 1 aromatic heterocycles. The first-order valence-corrected chi connectivity index (χ1v) is 10.3. The van der Waals surface area contributed by atoms with Crippen molar-refractivity contribution in [2.45, 2.75) is 39.2 Å². The van der Waals surface area contributed by atoms with E-state index >= 15 is 0 Å². The summed E-state index contributed by atoms with van der Waals surface area (Å²) in [6.45, 7) is 11.5. The summed E-state index contributed by atoms with van der Waals surface area (Å²) in [5.74, 6) is 1.98. The molecule has 1 aliphatic heterocycles. The lowest BCUT2D eigenvalue weighted by molar-refractivity contribution is 0.279. The van der Waals surface area contributed by atoms with Crippen LogP contribution < -0.4 is 10.2 Å². The van der Waals surface area contributed by atoms with Gasteiger partial charge in [0, 0.05) is 70.3 Å². The van der Waals surface area contributed by atoms with E-state index in [1.165, 1.54) is 24.4 Å². The predicted octanol–water partition coefficient (Wildman–Crippen LogP) is 1.90. The normalized spacial score (nSPS) is 18.2. The Kier molecular flexibility index (Phi) is 8.82. The van der Waals surface area contributed by atoms with Crippen molar-refractivity contribution < 1.29 is 0 Å². The van der Waals surface area contributed by atoms with Gasteiger partial charge in [0.15, 0.2) is 5.96 Å². The molecule has 1 aliphatic carbocycles. The van der Waals surface area contributed by atoms with E-state index in [1.807, 2.05) is 7.05 Å². The van der Waals surface area contributed by atoms with Crippen molar-refractivity contribution in [3.63, 3.8) is 0 Å². The number of nitrogens with one attached hydrogen (secondary N) is 1. The lowest BCUT2D eigenvalue weighted by Crippen LogP contribution is -2.53. The van der Waals surface area contributed by atoms with Gasteiger partial charge in [-0.1, -0.05) is 13.8 Å². The maximum absolute atomic E-state index is 4.61. The monoisotopic (exact) mass is 493 g/mol. The fourth-order valence-electron chi connectivity index (χ4n) is 3.31. The van der Waals surface area contributed by atoms with Gasteiger partial charge in [-0.15, -0.1) is 24.0 Å². The summed E-state index contributed by atoms with van der Waals surface area (Å²) in [7, 11) is 1.88. The number of aryl methyl sites for hydroxylation is 1. The zero-order valence-electron chi connectivity index (χ0n) is 16.1. The number of aromatic nitrogens is 2. The molecule has 3 rings (SSSR count). The minimum atomic E-state index is 0. The van der Waals surface area contributed by atoms with Gasteiger partial charge in [0.2, 0.25) is 5.13 Å². The summed E-state index contributed by atoms with van der Waals surface area (Å²) in [6, 6.07) is 0.831. The van der Waals surface area contributed by atoms with E-state index in [-0.39, 0.29) is 24.0 Å². The highest BCUT2D eigenvalue weighted by Gasteiger charge is 2.27. The Morgan fingerprint density at radius 3 is 2.54 bits per heavy atom. The number of aliphatic imine (C=N–C) groups is 1. The minimum Gasteiger partial charge on any atom is -0.355 e. The molecule has 26 heavy (non-hydrogen) atoms. The fourth-order valence-corrected chi connectivity index (χ4v) is 4.11. The largest absolute Gasteiger partial charge is 0.355 e. The molecule has 0 aromatic carbocycles. The van der Waals surface area contributed by atoms with Crippen LogP contribution in [-0.2, 0) is 6.42 Å². The van der Waals surface area contributed by atoms with E-state index in [0.717, 1.165) is 75.2 Å². The summed E-state index contributed by atoms with van der Waals surface area (Å²) in [5, 5.41) is 4.60. The van der Waals surface area contributed by atoms with Crippen LogP contribution in [0.1, 0.15) is 32.5 Å². The zero-order chi connectivity index (χ0) is 17.6. The quantitative estimate of drug-likeness (QED) is 0.356. The third kappa shape index (κ3) is 5.66. The van der Waals surface area contributed by atoms with E-state index < -0.39 is 0 Å². The topological polar surface area (TPSA) is 59.9 Å². The standard InChI is InChI=1S/C17H31N7S.HI/c1-4-15-20-17(25-21-15)24-12-10-23(11-13-24)16(18-3)19-8-9-22(5-2)14-6-7-14;/h14H,4-13H2,1-3H3,(H,18,19);1H. The van der Waals surface area contributed by atoms with E-state index in [2.05, 4.69) is 48.2 Å². The second kappa shape index (κ2) is 10.6. The highest BCUT2D eigenvalue weighted by Crippen LogP contribution is 2.25. The summed E-state index contributed by atoms with van der Waals surface area (Å²) in [4.78, 5) is 16.3. The molecule has 148 valence electrons. The van der Waals surface area contributed by atoms with Crippen LogP contribution in [0.15, 0.2) is 4.99 Å². The molecule has 0 unspecified atom stereocenters. The van der Waals surface area contributed by atoms with Crippen molar-refractivity contribution in [2.24, 2.45) is 4.99 Å². The van der Waals surface area contributed by atoms with Gasteiger partial charge in [0.05, 0.1) is 0 Å². The van der Waals surface area contributed by atoms with Gasteiger partial charge >= 0.3 is 0 Å². The lowest BCUT2D eigenvalue weighted by atomic mass is 10.3. The third-order valence-corrected chi connectivity index (χ3v) is 5.80. The molecule has 1 aromatic rings. The number of hydrogen-bond donors (Lipinski definition) is 1. The maximum atomic E-state index is 4.61. The molecule has 2 aliphatic rings. The van der Waals surface area contributed by atoms with Crippen LogP contribution in [0.2, 0.25) is 0 Å². The molecule has 0 amide bonds.